The largest absolute Gasteiger partial charge is 0.382 e. The second-order valence-electron chi connectivity index (χ2n) is 3.65. The van der Waals surface area contributed by atoms with Gasteiger partial charge >= 0.3 is 0 Å². The van der Waals surface area contributed by atoms with Crippen molar-refractivity contribution in [3.63, 3.8) is 0 Å². The van der Waals surface area contributed by atoms with Gasteiger partial charge in [0.1, 0.15) is 0 Å². The zero-order valence-electron chi connectivity index (χ0n) is 9.51. The van der Waals surface area contributed by atoms with Crippen molar-refractivity contribution >= 4 is 17.3 Å². The molecule has 1 aromatic carbocycles. The molecule has 0 aliphatic heterocycles. The molecule has 0 spiro atoms. The van der Waals surface area contributed by atoms with Gasteiger partial charge < -0.3 is 10.1 Å². The average molecular weight is 228 g/mol. The van der Waals surface area contributed by atoms with Crippen LogP contribution in [0.4, 0.5) is 5.69 Å². The van der Waals surface area contributed by atoms with E-state index in [1.807, 2.05) is 18.2 Å². The fourth-order valence-corrected chi connectivity index (χ4v) is 1.58. The number of hydrogen-bond acceptors (Lipinski definition) is 2. The maximum Gasteiger partial charge on any atom is 0.0747 e. The van der Waals surface area contributed by atoms with Crippen molar-refractivity contribution in [2.75, 3.05) is 12.4 Å². The van der Waals surface area contributed by atoms with Gasteiger partial charge in [-0.25, -0.2) is 0 Å². The van der Waals surface area contributed by atoms with Crippen LogP contribution in [0.1, 0.15) is 25.8 Å². The Hall–Kier alpha value is -0.730. The number of rotatable bonds is 5. The molecule has 0 aromatic heterocycles. The van der Waals surface area contributed by atoms with Gasteiger partial charge in [0.05, 0.1) is 6.61 Å². The van der Waals surface area contributed by atoms with Gasteiger partial charge in [-0.05, 0) is 25.5 Å². The second-order valence-corrected chi connectivity index (χ2v) is 4.06. The maximum atomic E-state index is 6.11. The van der Waals surface area contributed by atoms with Gasteiger partial charge in [0.15, 0.2) is 0 Å². The van der Waals surface area contributed by atoms with Gasteiger partial charge in [0, 0.05) is 29.4 Å². The summed E-state index contributed by atoms with van der Waals surface area (Å²) < 4.78 is 5.14. The molecule has 3 heteroatoms. The van der Waals surface area contributed by atoms with E-state index in [2.05, 4.69) is 19.2 Å². The van der Waals surface area contributed by atoms with Crippen molar-refractivity contribution < 1.29 is 4.74 Å². The van der Waals surface area contributed by atoms with E-state index in [0.29, 0.717) is 12.6 Å². The Balaban J connectivity index is 2.89. The highest BCUT2D eigenvalue weighted by Gasteiger charge is 2.08. The summed E-state index contributed by atoms with van der Waals surface area (Å²) in [5.41, 5.74) is 2.10. The van der Waals surface area contributed by atoms with E-state index in [9.17, 15) is 0 Å². The predicted octanol–water partition coefficient (Wildman–Crippen LogP) is 3.70. The molecular formula is C12H18ClNO. The molecule has 0 heterocycles. The summed E-state index contributed by atoms with van der Waals surface area (Å²) >= 11 is 6.11. The third-order valence-electron chi connectivity index (χ3n) is 2.42. The van der Waals surface area contributed by atoms with Crippen molar-refractivity contribution in [3.05, 3.63) is 28.8 Å². The van der Waals surface area contributed by atoms with E-state index in [-0.39, 0.29) is 0 Å². The Bertz CT molecular complexity index is 314. The summed E-state index contributed by atoms with van der Waals surface area (Å²) in [6.07, 6.45) is 1.08. The van der Waals surface area contributed by atoms with Crippen molar-refractivity contribution in [2.45, 2.75) is 32.9 Å². The van der Waals surface area contributed by atoms with Crippen LogP contribution in [0.25, 0.3) is 0 Å². The van der Waals surface area contributed by atoms with E-state index < -0.39 is 0 Å². The van der Waals surface area contributed by atoms with E-state index in [4.69, 9.17) is 16.3 Å². The van der Waals surface area contributed by atoms with Gasteiger partial charge in [-0.1, -0.05) is 24.6 Å². The number of benzene rings is 1. The summed E-state index contributed by atoms with van der Waals surface area (Å²) in [4.78, 5) is 0. The fraction of sp³-hybridized carbons (Fsp3) is 0.500. The molecule has 1 rings (SSSR count). The first-order valence-electron chi connectivity index (χ1n) is 5.21. The van der Waals surface area contributed by atoms with Crippen molar-refractivity contribution in [1.82, 2.24) is 0 Å². The molecule has 0 aliphatic carbocycles. The van der Waals surface area contributed by atoms with Gasteiger partial charge in [-0.15, -0.1) is 0 Å². The van der Waals surface area contributed by atoms with E-state index in [0.717, 1.165) is 22.7 Å². The van der Waals surface area contributed by atoms with Crippen LogP contribution in [0.2, 0.25) is 5.02 Å². The molecule has 0 fully saturated rings. The van der Waals surface area contributed by atoms with Crippen LogP contribution in [0.15, 0.2) is 18.2 Å². The predicted molar refractivity (Wildman–Crippen MR) is 65.5 cm³/mol. The van der Waals surface area contributed by atoms with Crippen LogP contribution in [0, 0.1) is 0 Å². The first-order valence-corrected chi connectivity index (χ1v) is 5.59. The SMILES string of the molecule is CCC(C)Nc1cccc(Cl)c1COC. The van der Waals surface area contributed by atoms with Crippen LogP contribution < -0.4 is 5.32 Å². The van der Waals surface area contributed by atoms with E-state index >= 15 is 0 Å². The number of nitrogens with one attached hydrogen (secondary N) is 1. The lowest BCUT2D eigenvalue weighted by molar-refractivity contribution is 0.185. The summed E-state index contributed by atoms with van der Waals surface area (Å²) in [5, 5.41) is 4.18. The number of ether oxygens (including phenoxy) is 1. The van der Waals surface area contributed by atoms with Gasteiger partial charge in [0.2, 0.25) is 0 Å². The summed E-state index contributed by atoms with van der Waals surface area (Å²) in [6.45, 7) is 4.84. The minimum absolute atomic E-state index is 0.444. The third kappa shape index (κ3) is 3.40. The van der Waals surface area contributed by atoms with Gasteiger partial charge in [-0.3, -0.25) is 0 Å². The lowest BCUT2D eigenvalue weighted by Crippen LogP contribution is -2.15. The first-order chi connectivity index (χ1) is 7.19. The van der Waals surface area contributed by atoms with Crippen LogP contribution in [0.5, 0.6) is 0 Å². The van der Waals surface area contributed by atoms with Crippen molar-refractivity contribution in [1.29, 1.82) is 0 Å². The molecule has 1 aromatic rings. The van der Waals surface area contributed by atoms with E-state index in [1.165, 1.54) is 0 Å². The van der Waals surface area contributed by atoms with Gasteiger partial charge in [-0.2, -0.15) is 0 Å². The molecule has 0 bridgehead atoms. The lowest BCUT2D eigenvalue weighted by Gasteiger charge is -2.17. The maximum absolute atomic E-state index is 6.11. The minimum atomic E-state index is 0.444. The normalized spacial score (nSPS) is 12.5. The van der Waals surface area contributed by atoms with Gasteiger partial charge in [0.25, 0.3) is 0 Å². The molecule has 0 saturated carbocycles. The molecule has 0 saturated heterocycles. The Morgan fingerprint density at radius 2 is 2.20 bits per heavy atom. The van der Waals surface area contributed by atoms with Crippen molar-refractivity contribution in [3.8, 4) is 0 Å². The molecule has 84 valence electrons. The number of methoxy groups -OCH3 is 1. The zero-order chi connectivity index (χ0) is 11.3. The Morgan fingerprint density at radius 1 is 1.47 bits per heavy atom. The molecule has 1 unspecified atom stereocenters. The Morgan fingerprint density at radius 3 is 2.80 bits per heavy atom. The third-order valence-corrected chi connectivity index (χ3v) is 2.78. The lowest BCUT2D eigenvalue weighted by atomic mass is 10.1. The highest BCUT2D eigenvalue weighted by atomic mass is 35.5. The summed E-state index contributed by atoms with van der Waals surface area (Å²) in [5.74, 6) is 0. The summed E-state index contributed by atoms with van der Waals surface area (Å²) in [7, 11) is 1.68. The number of halogens is 1. The molecule has 0 radical (unpaired) electrons. The summed E-state index contributed by atoms with van der Waals surface area (Å²) in [6, 6.07) is 6.31. The standard InChI is InChI=1S/C12H18ClNO/c1-4-9(2)14-12-7-5-6-11(13)10(12)8-15-3/h5-7,9,14H,4,8H2,1-3H3. The van der Waals surface area contributed by atoms with Crippen LogP contribution in [-0.4, -0.2) is 13.2 Å². The molecule has 1 atom stereocenters. The quantitative estimate of drug-likeness (QED) is 0.828. The minimum Gasteiger partial charge on any atom is -0.382 e. The highest BCUT2D eigenvalue weighted by molar-refractivity contribution is 6.31. The first kappa shape index (κ1) is 12.3. The molecule has 1 N–H and O–H groups in total. The average Bonchev–Trinajstić information content (AvgIpc) is 2.23. The van der Waals surface area contributed by atoms with Crippen LogP contribution >= 0.6 is 11.6 Å². The Labute approximate surface area is 96.6 Å². The topological polar surface area (TPSA) is 21.3 Å². The number of hydrogen-bond donors (Lipinski definition) is 1. The molecule has 0 amide bonds. The molecule has 0 aliphatic rings. The molecule has 15 heavy (non-hydrogen) atoms. The molecular weight excluding hydrogens is 210 g/mol. The van der Waals surface area contributed by atoms with E-state index in [1.54, 1.807) is 7.11 Å². The monoisotopic (exact) mass is 227 g/mol. The smallest absolute Gasteiger partial charge is 0.0747 e. The molecule has 2 nitrogen and oxygen atoms in total. The van der Waals surface area contributed by atoms with Crippen molar-refractivity contribution in [2.24, 2.45) is 0 Å². The Kier molecular flexibility index (Phi) is 4.92. The number of anilines is 1. The van der Waals surface area contributed by atoms with Crippen LogP contribution in [-0.2, 0) is 11.3 Å². The second kappa shape index (κ2) is 5.99. The fourth-order valence-electron chi connectivity index (χ4n) is 1.35. The highest BCUT2D eigenvalue weighted by Crippen LogP contribution is 2.25. The zero-order valence-corrected chi connectivity index (χ0v) is 10.3. The van der Waals surface area contributed by atoms with Crippen LogP contribution in [0.3, 0.4) is 0 Å².